The molecule has 0 radical (unpaired) electrons. The second-order valence-electron chi connectivity index (χ2n) is 8.74. The molecule has 0 saturated carbocycles. The number of rotatable bonds is 8. The molecule has 0 bridgehead atoms. The van der Waals surface area contributed by atoms with Crippen LogP contribution in [0.5, 0.6) is 0 Å². The number of nitrogens with zero attached hydrogens (tertiary/aromatic N) is 2. The summed E-state index contributed by atoms with van der Waals surface area (Å²) >= 11 is 1.54. The van der Waals surface area contributed by atoms with Gasteiger partial charge in [0, 0.05) is 37.4 Å². The second kappa shape index (κ2) is 9.85. The Labute approximate surface area is 177 Å². The number of amides is 1. The molecule has 1 amide bonds. The van der Waals surface area contributed by atoms with E-state index in [4.69, 9.17) is 0 Å². The van der Waals surface area contributed by atoms with Gasteiger partial charge in [-0.15, -0.1) is 11.3 Å². The molecule has 2 aromatic rings. The van der Waals surface area contributed by atoms with Crippen molar-refractivity contribution in [2.75, 3.05) is 26.2 Å². The standard InChI is InChI=1S/C22H34N4O2S/c1-14-11-15(2)13-26(12-14)10-6-5-9-23-19(27)8-7-18-24-21(28)20-16(3)17(4)29-22(20)25-18/h14-15H,5-13H2,1-4H3,(H,23,27)(H,24,25,28)/t14-,15-/m1/s1. The monoisotopic (exact) mass is 418 g/mol. The maximum absolute atomic E-state index is 12.3. The van der Waals surface area contributed by atoms with E-state index in [9.17, 15) is 9.59 Å². The number of aromatic amines is 1. The summed E-state index contributed by atoms with van der Waals surface area (Å²) in [6.45, 7) is 12.9. The van der Waals surface area contributed by atoms with Crippen molar-refractivity contribution in [1.29, 1.82) is 0 Å². The molecule has 0 aliphatic carbocycles. The van der Waals surface area contributed by atoms with Crippen molar-refractivity contribution in [1.82, 2.24) is 20.2 Å². The van der Waals surface area contributed by atoms with Crippen molar-refractivity contribution in [3.63, 3.8) is 0 Å². The van der Waals surface area contributed by atoms with Crippen LogP contribution in [0.2, 0.25) is 0 Å². The predicted octanol–water partition coefficient (Wildman–Crippen LogP) is 3.41. The Morgan fingerprint density at radius 2 is 1.97 bits per heavy atom. The summed E-state index contributed by atoms with van der Waals surface area (Å²) in [5, 5.41) is 3.68. The Kier molecular flexibility index (Phi) is 7.46. The Balaban J connectivity index is 1.37. The number of likely N-dealkylation sites (tertiary alicyclic amines) is 1. The number of thiophene rings is 1. The first-order valence-electron chi connectivity index (χ1n) is 10.8. The average Bonchev–Trinajstić information content (AvgIpc) is 2.93. The molecule has 2 atom stereocenters. The Bertz CT molecular complexity index is 894. The summed E-state index contributed by atoms with van der Waals surface area (Å²) in [6, 6.07) is 0. The van der Waals surface area contributed by atoms with Crippen LogP contribution in [0.3, 0.4) is 0 Å². The Morgan fingerprint density at radius 1 is 1.24 bits per heavy atom. The molecule has 0 unspecified atom stereocenters. The molecule has 0 spiro atoms. The van der Waals surface area contributed by atoms with Crippen molar-refractivity contribution in [2.45, 2.75) is 59.8 Å². The second-order valence-corrected chi connectivity index (χ2v) is 9.94. The van der Waals surface area contributed by atoms with Gasteiger partial charge >= 0.3 is 0 Å². The molecular weight excluding hydrogens is 384 g/mol. The van der Waals surface area contributed by atoms with Gasteiger partial charge in [0.1, 0.15) is 10.7 Å². The van der Waals surface area contributed by atoms with Gasteiger partial charge in [-0.1, -0.05) is 13.8 Å². The van der Waals surface area contributed by atoms with Gasteiger partial charge in [-0.3, -0.25) is 9.59 Å². The number of carbonyl (C=O) groups excluding carboxylic acids is 1. The summed E-state index contributed by atoms with van der Waals surface area (Å²) in [6.07, 6.45) is 4.25. The zero-order chi connectivity index (χ0) is 21.0. The number of H-pyrrole nitrogens is 1. The fourth-order valence-electron chi connectivity index (χ4n) is 4.40. The molecule has 3 heterocycles. The molecule has 29 heavy (non-hydrogen) atoms. The number of fused-ring (bicyclic) bond motifs is 1. The maximum Gasteiger partial charge on any atom is 0.259 e. The lowest BCUT2D eigenvalue weighted by Gasteiger charge is -2.34. The van der Waals surface area contributed by atoms with E-state index in [0.29, 0.717) is 30.6 Å². The Hall–Kier alpha value is -1.73. The zero-order valence-electron chi connectivity index (χ0n) is 18.1. The maximum atomic E-state index is 12.3. The Morgan fingerprint density at radius 3 is 2.69 bits per heavy atom. The highest BCUT2D eigenvalue weighted by atomic mass is 32.1. The smallest absolute Gasteiger partial charge is 0.259 e. The summed E-state index contributed by atoms with van der Waals surface area (Å²) < 4.78 is 0. The highest BCUT2D eigenvalue weighted by Gasteiger charge is 2.21. The highest BCUT2D eigenvalue weighted by Crippen LogP contribution is 2.25. The fourth-order valence-corrected chi connectivity index (χ4v) is 5.45. The van der Waals surface area contributed by atoms with E-state index in [0.717, 1.165) is 46.5 Å². The molecule has 1 aliphatic heterocycles. The normalized spacial score (nSPS) is 20.3. The average molecular weight is 419 g/mol. The highest BCUT2D eigenvalue weighted by molar-refractivity contribution is 7.18. The third kappa shape index (κ3) is 5.89. The number of hydrogen-bond acceptors (Lipinski definition) is 5. The molecule has 7 heteroatoms. The lowest BCUT2D eigenvalue weighted by Crippen LogP contribution is -2.39. The van der Waals surface area contributed by atoms with Gasteiger partial charge in [-0.05, 0) is 57.1 Å². The molecule has 1 saturated heterocycles. The first-order valence-corrected chi connectivity index (χ1v) is 11.6. The lowest BCUT2D eigenvalue weighted by atomic mass is 9.92. The van der Waals surface area contributed by atoms with Crippen LogP contribution in [0.4, 0.5) is 0 Å². The number of carbonyl (C=O) groups is 1. The van der Waals surface area contributed by atoms with E-state index in [1.54, 1.807) is 0 Å². The summed E-state index contributed by atoms with van der Waals surface area (Å²) in [5.74, 6) is 2.19. The van der Waals surface area contributed by atoms with Crippen molar-refractivity contribution in [3.05, 3.63) is 26.6 Å². The minimum atomic E-state index is -0.103. The molecule has 0 aromatic carbocycles. The van der Waals surface area contributed by atoms with E-state index < -0.39 is 0 Å². The van der Waals surface area contributed by atoms with Crippen LogP contribution in [-0.2, 0) is 11.2 Å². The first kappa shape index (κ1) is 22.0. The van der Waals surface area contributed by atoms with Crippen molar-refractivity contribution >= 4 is 27.5 Å². The van der Waals surface area contributed by atoms with Gasteiger partial charge in [0.15, 0.2) is 0 Å². The SMILES string of the molecule is Cc1sc2nc(CCC(=O)NCCCCN3C[C@H](C)C[C@@H](C)C3)[nH]c(=O)c2c1C. The van der Waals surface area contributed by atoms with E-state index in [-0.39, 0.29) is 11.5 Å². The minimum absolute atomic E-state index is 0.0199. The first-order chi connectivity index (χ1) is 13.8. The van der Waals surface area contributed by atoms with Gasteiger partial charge in [-0.2, -0.15) is 0 Å². The molecule has 1 fully saturated rings. The summed E-state index contributed by atoms with van der Waals surface area (Å²) in [4.78, 5) is 36.2. The summed E-state index contributed by atoms with van der Waals surface area (Å²) in [7, 11) is 0. The van der Waals surface area contributed by atoms with Gasteiger partial charge < -0.3 is 15.2 Å². The van der Waals surface area contributed by atoms with Crippen LogP contribution in [0.1, 0.15) is 55.8 Å². The topological polar surface area (TPSA) is 78.1 Å². The van der Waals surface area contributed by atoms with E-state index in [1.165, 1.54) is 30.8 Å². The van der Waals surface area contributed by atoms with Crippen LogP contribution in [-0.4, -0.2) is 47.0 Å². The lowest BCUT2D eigenvalue weighted by molar-refractivity contribution is -0.121. The molecule has 6 nitrogen and oxygen atoms in total. The van der Waals surface area contributed by atoms with Crippen LogP contribution in [0, 0.1) is 25.7 Å². The van der Waals surface area contributed by atoms with E-state index in [2.05, 4.69) is 34.0 Å². The minimum Gasteiger partial charge on any atom is -0.356 e. The van der Waals surface area contributed by atoms with Gasteiger partial charge in [0.05, 0.1) is 5.39 Å². The molecular formula is C22H34N4O2S. The molecule has 1 aliphatic rings. The van der Waals surface area contributed by atoms with Crippen molar-refractivity contribution in [2.24, 2.45) is 11.8 Å². The van der Waals surface area contributed by atoms with Gasteiger partial charge in [0.25, 0.3) is 5.56 Å². The molecule has 2 aromatic heterocycles. The van der Waals surface area contributed by atoms with Gasteiger partial charge in [-0.25, -0.2) is 4.98 Å². The van der Waals surface area contributed by atoms with Gasteiger partial charge in [0.2, 0.25) is 5.91 Å². The summed E-state index contributed by atoms with van der Waals surface area (Å²) in [5.41, 5.74) is 0.894. The molecule has 2 N–H and O–H groups in total. The molecule has 160 valence electrons. The third-order valence-corrected chi connectivity index (χ3v) is 6.95. The van der Waals surface area contributed by atoms with Crippen molar-refractivity contribution < 1.29 is 4.79 Å². The third-order valence-electron chi connectivity index (χ3n) is 5.84. The number of piperidine rings is 1. The number of nitrogens with one attached hydrogen (secondary N) is 2. The number of aryl methyl sites for hydroxylation is 3. The number of unbranched alkanes of at least 4 members (excludes halogenated alkanes) is 1. The fraction of sp³-hybridized carbons (Fsp3) is 0.682. The number of aromatic nitrogens is 2. The predicted molar refractivity (Wildman–Crippen MR) is 120 cm³/mol. The van der Waals surface area contributed by atoms with Crippen LogP contribution in [0.25, 0.3) is 10.2 Å². The van der Waals surface area contributed by atoms with E-state index in [1.807, 2.05) is 13.8 Å². The van der Waals surface area contributed by atoms with Crippen LogP contribution >= 0.6 is 11.3 Å². The quantitative estimate of drug-likeness (QED) is 0.644. The van der Waals surface area contributed by atoms with Crippen molar-refractivity contribution in [3.8, 4) is 0 Å². The van der Waals surface area contributed by atoms with Crippen LogP contribution in [0.15, 0.2) is 4.79 Å². The van der Waals surface area contributed by atoms with Crippen LogP contribution < -0.4 is 10.9 Å². The molecule has 3 rings (SSSR count). The largest absolute Gasteiger partial charge is 0.356 e. The number of hydrogen-bond donors (Lipinski definition) is 2. The zero-order valence-corrected chi connectivity index (χ0v) is 19.0. The van der Waals surface area contributed by atoms with E-state index >= 15 is 0 Å².